The molecule has 0 saturated carbocycles. The maximum absolute atomic E-state index is 11.9. The van der Waals surface area contributed by atoms with Gasteiger partial charge in [-0.3, -0.25) is 14.7 Å². The third-order valence-corrected chi connectivity index (χ3v) is 3.31. The summed E-state index contributed by atoms with van der Waals surface area (Å²) in [6, 6.07) is 0. The fourth-order valence-corrected chi connectivity index (χ4v) is 2.04. The first-order valence-electron chi connectivity index (χ1n) is 6.69. The van der Waals surface area contributed by atoms with Gasteiger partial charge >= 0.3 is 0 Å². The molecule has 20 heavy (non-hydrogen) atoms. The van der Waals surface area contributed by atoms with Gasteiger partial charge in [-0.1, -0.05) is 0 Å². The lowest BCUT2D eigenvalue weighted by molar-refractivity contribution is -0.130. The van der Waals surface area contributed by atoms with Gasteiger partial charge in [-0.05, 0) is 25.3 Å². The summed E-state index contributed by atoms with van der Waals surface area (Å²) in [5.41, 5.74) is 2.65. The highest BCUT2D eigenvalue weighted by molar-refractivity contribution is 6.39. The van der Waals surface area contributed by atoms with Crippen molar-refractivity contribution < 1.29 is 9.59 Å². The second kappa shape index (κ2) is 6.31. The number of hydrogen-bond acceptors (Lipinski definition) is 4. The van der Waals surface area contributed by atoms with Gasteiger partial charge in [0, 0.05) is 32.1 Å². The molecule has 108 valence electrons. The molecule has 1 aromatic heterocycles. The van der Waals surface area contributed by atoms with Gasteiger partial charge in [0.2, 0.25) is 5.91 Å². The molecule has 2 amide bonds. The molecule has 0 spiro atoms. The molecular weight excluding hydrogens is 258 g/mol. The van der Waals surface area contributed by atoms with E-state index in [0.717, 1.165) is 18.5 Å². The van der Waals surface area contributed by atoms with E-state index in [-0.39, 0.29) is 11.8 Å². The zero-order chi connectivity index (χ0) is 14.5. The number of rotatable bonds is 5. The zero-order valence-electron chi connectivity index (χ0n) is 11.8. The summed E-state index contributed by atoms with van der Waals surface area (Å²) in [4.78, 5) is 23.1. The first-order chi connectivity index (χ1) is 9.58. The van der Waals surface area contributed by atoms with Crippen molar-refractivity contribution in [2.45, 2.75) is 32.6 Å². The molecule has 7 nitrogen and oxygen atoms in total. The van der Waals surface area contributed by atoms with E-state index < -0.39 is 0 Å². The Hall–Kier alpha value is -2.18. The largest absolute Gasteiger partial charge is 0.351 e. The molecule has 1 aliphatic heterocycles. The van der Waals surface area contributed by atoms with Crippen LogP contribution in [0.25, 0.3) is 0 Å². The molecule has 2 N–H and O–H groups in total. The predicted molar refractivity (Wildman–Crippen MR) is 74.1 cm³/mol. The van der Waals surface area contributed by atoms with E-state index in [1.165, 1.54) is 10.6 Å². The third-order valence-electron chi connectivity index (χ3n) is 3.31. The number of H-pyrrole nitrogens is 1. The first-order valence-corrected chi connectivity index (χ1v) is 6.69. The highest BCUT2D eigenvalue weighted by Crippen LogP contribution is 2.07. The highest BCUT2D eigenvalue weighted by Gasteiger charge is 2.21. The van der Waals surface area contributed by atoms with Crippen LogP contribution in [0, 0.1) is 6.92 Å². The number of aryl methyl sites for hydroxylation is 2. The Morgan fingerprint density at radius 2 is 2.30 bits per heavy atom. The number of nitrogens with one attached hydrogen (secondary N) is 2. The van der Waals surface area contributed by atoms with Gasteiger partial charge in [0.1, 0.15) is 5.71 Å². The van der Waals surface area contributed by atoms with Crippen LogP contribution in [-0.2, 0) is 16.0 Å². The Balaban J connectivity index is 1.74. The Morgan fingerprint density at radius 3 is 2.95 bits per heavy atom. The lowest BCUT2D eigenvalue weighted by Crippen LogP contribution is -2.38. The third kappa shape index (κ3) is 3.43. The van der Waals surface area contributed by atoms with Crippen LogP contribution >= 0.6 is 0 Å². The van der Waals surface area contributed by atoms with Crippen LogP contribution in [-0.4, -0.2) is 46.3 Å². The van der Waals surface area contributed by atoms with Crippen LogP contribution < -0.4 is 5.32 Å². The van der Waals surface area contributed by atoms with Crippen LogP contribution in [0.15, 0.2) is 11.3 Å². The molecular formula is C13H19N5O2. The van der Waals surface area contributed by atoms with Crippen molar-refractivity contribution in [3.05, 3.63) is 17.5 Å². The van der Waals surface area contributed by atoms with Crippen molar-refractivity contribution in [1.82, 2.24) is 20.5 Å². The minimum atomic E-state index is -0.187. The standard InChI is InChI=1S/C13H19N5O2/c1-9-10(8-15-16-9)4-3-7-14-13(20)11-5-6-12(19)18(2)17-11/h8H,3-7H2,1-2H3,(H,14,20)(H,15,16). The minimum absolute atomic E-state index is 0.0583. The molecule has 0 radical (unpaired) electrons. The number of hydrazone groups is 1. The molecule has 0 aliphatic carbocycles. The normalized spacial score (nSPS) is 15.2. The van der Waals surface area contributed by atoms with Crippen molar-refractivity contribution in [1.29, 1.82) is 0 Å². The van der Waals surface area contributed by atoms with Crippen molar-refractivity contribution in [2.24, 2.45) is 5.10 Å². The van der Waals surface area contributed by atoms with Gasteiger partial charge < -0.3 is 5.32 Å². The fourth-order valence-electron chi connectivity index (χ4n) is 2.04. The first kappa shape index (κ1) is 14.2. The summed E-state index contributed by atoms with van der Waals surface area (Å²) in [5.74, 6) is -0.245. The molecule has 0 unspecified atom stereocenters. The molecule has 0 atom stereocenters. The average molecular weight is 277 g/mol. The van der Waals surface area contributed by atoms with E-state index in [2.05, 4.69) is 20.6 Å². The number of nitrogens with zero attached hydrogens (tertiary/aromatic N) is 3. The Morgan fingerprint density at radius 1 is 1.50 bits per heavy atom. The maximum Gasteiger partial charge on any atom is 0.267 e. The van der Waals surface area contributed by atoms with Gasteiger partial charge in [0.05, 0.1) is 6.20 Å². The Labute approximate surface area is 117 Å². The van der Waals surface area contributed by atoms with E-state index in [1.54, 1.807) is 7.05 Å². The topological polar surface area (TPSA) is 90.4 Å². The van der Waals surface area contributed by atoms with Crippen molar-refractivity contribution >= 4 is 17.5 Å². The van der Waals surface area contributed by atoms with Crippen LogP contribution in [0.1, 0.15) is 30.5 Å². The maximum atomic E-state index is 11.9. The monoisotopic (exact) mass is 277 g/mol. The molecule has 1 aromatic rings. The number of aromatic nitrogens is 2. The van der Waals surface area contributed by atoms with Gasteiger partial charge in [-0.25, -0.2) is 5.01 Å². The van der Waals surface area contributed by atoms with Gasteiger partial charge in [0.15, 0.2) is 0 Å². The molecule has 0 bridgehead atoms. The quantitative estimate of drug-likeness (QED) is 0.762. The summed E-state index contributed by atoms with van der Waals surface area (Å²) >= 11 is 0. The van der Waals surface area contributed by atoms with Crippen molar-refractivity contribution in [3.8, 4) is 0 Å². The number of aromatic amines is 1. The number of hydrogen-bond donors (Lipinski definition) is 2. The number of carbonyl (C=O) groups is 2. The lowest BCUT2D eigenvalue weighted by atomic mass is 10.1. The highest BCUT2D eigenvalue weighted by atomic mass is 16.2. The van der Waals surface area contributed by atoms with E-state index in [1.807, 2.05) is 13.1 Å². The number of amides is 2. The van der Waals surface area contributed by atoms with Gasteiger partial charge in [-0.15, -0.1) is 0 Å². The van der Waals surface area contributed by atoms with Crippen molar-refractivity contribution in [2.75, 3.05) is 13.6 Å². The van der Waals surface area contributed by atoms with Gasteiger partial charge in [0.25, 0.3) is 5.91 Å². The second-order valence-corrected chi connectivity index (χ2v) is 4.84. The SMILES string of the molecule is Cc1[nH]ncc1CCCNC(=O)C1=NN(C)C(=O)CC1. The second-order valence-electron chi connectivity index (χ2n) is 4.84. The van der Waals surface area contributed by atoms with E-state index in [9.17, 15) is 9.59 Å². The smallest absolute Gasteiger partial charge is 0.267 e. The molecule has 2 rings (SSSR count). The van der Waals surface area contributed by atoms with E-state index >= 15 is 0 Å². The summed E-state index contributed by atoms with van der Waals surface area (Å²) < 4.78 is 0. The van der Waals surface area contributed by atoms with Crippen LogP contribution in [0.4, 0.5) is 0 Å². The Kier molecular flexibility index (Phi) is 4.49. The van der Waals surface area contributed by atoms with Crippen LogP contribution in [0.2, 0.25) is 0 Å². The summed E-state index contributed by atoms with van der Waals surface area (Å²) in [5, 5.41) is 14.9. The Bertz CT molecular complexity index is 535. The molecule has 2 heterocycles. The molecule has 7 heteroatoms. The average Bonchev–Trinajstić information content (AvgIpc) is 2.83. The molecule has 0 fully saturated rings. The molecule has 0 saturated heterocycles. The predicted octanol–water partition coefficient (Wildman–Crippen LogP) is 0.375. The fraction of sp³-hybridized carbons (Fsp3) is 0.538. The summed E-state index contributed by atoms with van der Waals surface area (Å²) in [7, 11) is 1.57. The van der Waals surface area contributed by atoms with Gasteiger partial charge in [-0.2, -0.15) is 10.2 Å². The van der Waals surface area contributed by atoms with Crippen molar-refractivity contribution in [3.63, 3.8) is 0 Å². The van der Waals surface area contributed by atoms with Crippen LogP contribution in [0.5, 0.6) is 0 Å². The minimum Gasteiger partial charge on any atom is -0.351 e. The lowest BCUT2D eigenvalue weighted by Gasteiger charge is -2.18. The van der Waals surface area contributed by atoms with Crippen LogP contribution in [0.3, 0.4) is 0 Å². The van der Waals surface area contributed by atoms with E-state index in [0.29, 0.717) is 25.1 Å². The zero-order valence-corrected chi connectivity index (χ0v) is 11.8. The molecule has 1 aliphatic rings. The summed E-state index contributed by atoms with van der Waals surface area (Å²) in [6.45, 7) is 2.56. The summed E-state index contributed by atoms with van der Waals surface area (Å²) in [6.07, 6.45) is 4.28. The number of carbonyl (C=O) groups excluding carboxylic acids is 2. The van der Waals surface area contributed by atoms with E-state index in [4.69, 9.17) is 0 Å². The molecule has 0 aromatic carbocycles.